The van der Waals surface area contributed by atoms with Gasteiger partial charge >= 0.3 is 0 Å². The van der Waals surface area contributed by atoms with Crippen molar-refractivity contribution in [3.8, 4) is 0 Å². The van der Waals surface area contributed by atoms with E-state index in [1.807, 2.05) is 6.92 Å². The molecule has 1 aromatic rings. The van der Waals surface area contributed by atoms with Crippen LogP contribution in [0.4, 0.5) is 0 Å². The summed E-state index contributed by atoms with van der Waals surface area (Å²) in [5.41, 5.74) is 0. The zero-order valence-corrected chi connectivity index (χ0v) is 8.59. The molecule has 0 saturated heterocycles. The highest BCUT2D eigenvalue weighted by atomic mass is 16.3. The molecule has 0 radical (unpaired) electrons. The van der Waals surface area contributed by atoms with Crippen LogP contribution in [0.1, 0.15) is 25.6 Å². The van der Waals surface area contributed by atoms with Crippen LogP contribution in [0.15, 0.2) is 6.33 Å². The Kier molecular flexibility index (Phi) is 4.03. The molecule has 5 heteroatoms. The Morgan fingerprint density at radius 1 is 1.43 bits per heavy atom. The van der Waals surface area contributed by atoms with Gasteiger partial charge in [-0.15, -0.1) is 0 Å². The van der Waals surface area contributed by atoms with Gasteiger partial charge in [0.05, 0.1) is 12.2 Å². The topological polar surface area (TPSA) is 71.2 Å². The quantitative estimate of drug-likeness (QED) is 0.693. The largest absolute Gasteiger partial charge is 0.390 e. The lowest BCUT2D eigenvalue weighted by Gasteiger charge is -2.16. The van der Waals surface area contributed by atoms with Crippen molar-refractivity contribution in [1.29, 1.82) is 0 Å². The van der Waals surface area contributed by atoms with Crippen LogP contribution in [0, 0.1) is 0 Å². The fourth-order valence-corrected chi connectivity index (χ4v) is 1.32. The third-order valence-electron chi connectivity index (χ3n) is 2.23. The smallest absolute Gasteiger partial charge is 0.138 e. The summed E-state index contributed by atoms with van der Waals surface area (Å²) in [5, 5.41) is 23.0. The summed E-state index contributed by atoms with van der Waals surface area (Å²) in [7, 11) is 1.77. The van der Waals surface area contributed by atoms with Crippen LogP contribution in [0.25, 0.3) is 0 Å². The minimum absolute atomic E-state index is 0.345. The molecule has 2 unspecified atom stereocenters. The molecule has 0 bridgehead atoms. The number of rotatable bonds is 5. The lowest BCUT2D eigenvalue weighted by atomic mass is 10.1. The zero-order valence-electron chi connectivity index (χ0n) is 8.59. The zero-order chi connectivity index (χ0) is 10.6. The van der Waals surface area contributed by atoms with Gasteiger partial charge in [0, 0.05) is 13.5 Å². The van der Waals surface area contributed by atoms with Gasteiger partial charge in [-0.05, 0) is 6.42 Å². The SMILES string of the molecule is CCCC(O)C(O)Cc1ncnn1C. The molecule has 1 heterocycles. The Balaban J connectivity index is 2.48. The predicted molar refractivity (Wildman–Crippen MR) is 51.6 cm³/mol. The molecule has 2 atom stereocenters. The van der Waals surface area contributed by atoms with E-state index >= 15 is 0 Å². The van der Waals surface area contributed by atoms with Crippen molar-refractivity contribution in [2.75, 3.05) is 0 Å². The molecule has 2 N–H and O–H groups in total. The number of aliphatic hydroxyl groups is 2. The van der Waals surface area contributed by atoms with Crippen molar-refractivity contribution in [2.24, 2.45) is 7.05 Å². The van der Waals surface area contributed by atoms with Gasteiger partial charge in [0.2, 0.25) is 0 Å². The molecule has 0 spiro atoms. The Hall–Kier alpha value is -0.940. The second-order valence-electron chi connectivity index (χ2n) is 3.43. The first-order valence-corrected chi connectivity index (χ1v) is 4.84. The standard InChI is InChI=1S/C9H17N3O2/c1-3-4-7(13)8(14)5-9-10-6-11-12(9)2/h6-8,13-14H,3-5H2,1-2H3. The Morgan fingerprint density at radius 3 is 2.64 bits per heavy atom. The van der Waals surface area contributed by atoms with Crippen LogP contribution in [0.5, 0.6) is 0 Å². The fourth-order valence-electron chi connectivity index (χ4n) is 1.32. The first kappa shape index (κ1) is 11.1. The molecule has 0 aromatic carbocycles. The van der Waals surface area contributed by atoms with Crippen molar-refractivity contribution >= 4 is 0 Å². The van der Waals surface area contributed by atoms with Crippen molar-refractivity contribution in [2.45, 2.75) is 38.4 Å². The highest BCUT2D eigenvalue weighted by Crippen LogP contribution is 2.06. The van der Waals surface area contributed by atoms with Crippen molar-refractivity contribution in [3.05, 3.63) is 12.2 Å². The van der Waals surface area contributed by atoms with Crippen LogP contribution in [0.3, 0.4) is 0 Å². The minimum Gasteiger partial charge on any atom is -0.390 e. The van der Waals surface area contributed by atoms with Gasteiger partial charge in [-0.25, -0.2) is 4.98 Å². The van der Waals surface area contributed by atoms with Crippen LogP contribution < -0.4 is 0 Å². The summed E-state index contributed by atoms with van der Waals surface area (Å²) >= 11 is 0. The first-order chi connectivity index (χ1) is 6.65. The molecule has 0 aliphatic heterocycles. The Morgan fingerprint density at radius 2 is 2.14 bits per heavy atom. The number of aromatic nitrogens is 3. The maximum Gasteiger partial charge on any atom is 0.138 e. The van der Waals surface area contributed by atoms with E-state index in [1.165, 1.54) is 6.33 Å². The highest BCUT2D eigenvalue weighted by molar-refractivity contribution is 4.88. The monoisotopic (exact) mass is 199 g/mol. The van der Waals surface area contributed by atoms with Crippen molar-refractivity contribution < 1.29 is 10.2 Å². The van der Waals surface area contributed by atoms with Gasteiger partial charge in [-0.2, -0.15) is 5.10 Å². The maximum atomic E-state index is 9.61. The Bertz CT molecular complexity index is 275. The van der Waals surface area contributed by atoms with E-state index in [4.69, 9.17) is 0 Å². The van der Waals surface area contributed by atoms with E-state index in [0.717, 1.165) is 6.42 Å². The van der Waals surface area contributed by atoms with E-state index in [2.05, 4.69) is 10.1 Å². The van der Waals surface area contributed by atoms with Crippen LogP contribution >= 0.6 is 0 Å². The first-order valence-electron chi connectivity index (χ1n) is 4.84. The summed E-state index contributed by atoms with van der Waals surface area (Å²) in [4.78, 5) is 3.98. The van der Waals surface area contributed by atoms with E-state index in [0.29, 0.717) is 18.7 Å². The van der Waals surface area contributed by atoms with Crippen molar-refractivity contribution in [3.63, 3.8) is 0 Å². The molecule has 0 aliphatic rings. The molecular weight excluding hydrogens is 182 g/mol. The molecule has 0 amide bonds. The van der Waals surface area contributed by atoms with E-state index in [1.54, 1.807) is 11.7 Å². The van der Waals surface area contributed by atoms with Gasteiger partial charge in [0.15, 0.2) is 0 Å². The second kappa shape index (κ2) is 5.07. The molecule has 0 fully saturated rings. The Labute approximate surface area is 83.4 Å². The van der Waals surface area contributed by atoms with Gasteiger partial charge < -0.3 is 10.2 Å². The van der Waals surface area contributed by atoms with Crippen LogP contribution in [0.2, 0.25) is 0 Å². The molecule has 0 aliphatic carbocycles. The summed E-state index contributed by atoms with van der Waals surface area (Å²) in [6.45, 7) is 1.97. The third-order valence-corrected chi connectivity index (χ3v) is 2.23. The van der Waals surface area contributed by atoms with Crippen LogP contribution in [-0.4, -0.2) is 37.2 Å². The summed E-state index contributed by atoms with van der Waals surface area (Å²) in [6, 6.07) is 0. The average Bonchev–Trinajstić information content (AvgIpc) is 2.52. The average molecular weight is 199 g/mol. The van der Waals surface area contributed by atoms with E-state index < -0.39 is 12.2 Å². The molecule has 14 heavy (non-hydrogen) atoms. The van der Waals surface area contributed by atoms with E-state index in [-0.39, 0.29) is 0 Å². The summed E-state index contributed by atoms with van der Waals surface area (Å²) in [6.07, 6.45) is 1.83. The third kappa shape index (κ3) is 2.78. The van der Waals surface area contributed by atoms with Gasteiger partial charge in [-0.3, -0.25) is 4.68 Å². The maximum absolute atomic E-state index is 9.61. The van der Waals surface area contributed by atoms with E-state index in [9.17, 15) is 10.2 Å². The molecule has 1 rings (SSSR count). The molecule has 80 valence electrons. The summed E-state index contributed by atoms with van der Waals surface area (Å²) < 4.78 is 1.60. The molecular formula is C9H17N3O2. The van der Waals surface area contributed by atoms with Crippen molar-refractivity contribution in [1.82, 2.24) is 14.8 Å². The molecule has 0 saturated carbocycles. The van der Waals surface area contributed by atoms with Gasteiger partial charge in [-0.1, -0.05) is 13.3 Å². The summed E-state index contributed by atoms with van der Waals surface area (Å²) in [5.74, 6) is 0.688. The number of hydrogen-bond donors (Lipinski definition) is 2. The van der Waals surface area contributed by atoms with Crippen LogP contribution in [-0.2, 0) is 13.5 Å². The molecule has 5 nitrogen and oxygen atoms in total. The number of hydrogen-bond acceptors (Lipinski definition) is 4. The second-order valence-corrected chi connectivity index (χ2v) is 3.43. The predicted octanol–water partition coefficient (Wildman–Crippen LogP) is -0.121. The molecule has 1 aromatic heterocycles. The highest BCUT2D eigenvalue weighted by Gasteiger charge is 2.17. The minimum atomic E-state index is -0.752. The number of aliphatic hydroxyl groups excluding tert-OH is 2. The number of aryl methyl sites for hydroxylation is 1. The normalized spacial score (nSPS) is 15.4. The van der Waals surface area contributed by atoms with Gasteiger partial charge in [0.25, 0.3) is 0 Å². The lowest BCUT2D eigenvalue weighted by Crippen LogP contribution is -2.28. The number of nitrogens with zero attached hydrogens (tertiary/aromatic N) is 3. The van der Waals surface area contributed by atoms with Gasteiger partial charge in [0.1, 0.15) is 12.2 Å². The lowest BCUT2D eigenvalue weighted by molar-refractivity contribution is 0.0133. The fraction of sp³-hybridized carbons (Fsp3) is 0.778.